The molecule has 5 heteroatoms. The predicted octanol–water partition coefficient (Wildman–Crippen LogP) is 4.55. The van der Waals surface area contributed by atoms with E-state index < -0.39 is 0 Å². The van der Waals surface area contributed by atoms with Crippen molar-refractivity contribution in [3.63, 3.8) is 0 Å². The first-order valence-electron chi connectivity index (χ1n) is 9.56. The van der Waals surface area contributed by atoms with Crippen LogP contribution in [-0.4, -0.2) is 34.4 Å². The van der Waals surface area contributed by atoms with Gasteiger partial charge in [-0.2, -0.15) is 0 Å². The van der Waals surface area contributed by atoms with Crippen molar-refractivity contribution in [1.82, 2.24) is 19.9 Å². The molecule has 0 aliphatic rings. The molecule has 29 heavy (non-hydrogen) atoms. The predicted molar refractivity (Wildman–Crippen MR) is 115 cm³/mol. The van der Waals surface area contributed by atoms with E-state index in [9.17, 15) is 0 Å². The van der Waals surface area contributed by atoms with Crippen LogP contribution in [0.25, 0.3) is 0 Å². The molecule has 2 atom stereocenters. The molecule has 0 aliphatic carbocycles. The Balaban J connectivity index is 1.59. The van der Waals surface area contributed by atoms with Crippen molar-refractivity contribution < 1.29 is 0 Å². The topological polar surface area (TPSA) is 57.4 Å². The molecule has 0 aliphatic heterocycles. The zero-order chi connectivity index (χ0) is 19.5. The molecule has 2 N–H and O–H groups in total. The van der Waals surface area contributed by atoms with Gasteiger partial charge in [-0.15, -0.1) is 0 Å². The zero-order valence-electron chi connectivity index (χ0n) is 15.7. The first-order valence-corrected chi connectivity index (χ1v) is 11.3. The van der Waals surface area contributed by atoms with Crippen molar-refractivity contribution in [2.24, 2.45) is 0 Å². The van der Waals surface area contributed by atoms with Crippen LogP contribution in [0.1, 0.15) is 43.2 Å². The molecule has 5 aromatic heterocycles. The second-order valence-electron chi connectivity index (χ2n) is 6.93. The normalized spacial score (nSPS) is 13.2. The van der Waals surface area contributed by atoms with E-state index in [0.29, 0.717) is 0 Å². The number of hydrogen-bond acceptors (Lipinski definition) is 2. The van der Waals surface area contributed by atoms with Gasteiger partial charge < -0.3 is 0 Å². The monoisotopic (exact) mass is 444 g/mol. The molecule has 0 bridgehead atoms. The quantitative estimate of drug-likeness (QED) is 0.379. The van der Waals surface area contributed by atoms with Gasteiger partial charge >= 0.3 is 176 Å². The Labute approximate surface area is 175 Å². The minimum atomic E-state index is 0.200. The summed E-state index contributed by atoms with van der Waals surface area (Å²) >= 11 is 0.219. The molecule has 2 unspecified atom stereocenters. The molecular weight excluding hydrogens is 423 g/mol. The maximum atomic E-state index is 4.36. The van der Waals surface area contributed by atoms with Crippen molar-refractivity contribution in [3.8, 4) is 0 Å². The molecule has 5 heterocycles. The van der Waals surface area contributed by atoms with Gasteiger partial charge in [0, 0.05) is 0 Å². The summed E-state index contributed by atoms with van der Waals surface area (Å²) in [5.41, 5.74) is 4.85. The Bertz CT molecular complexity index is 1050. The summed E-state index contributed by atoms with van der Waals surface area (Å²) in [5, 5.41) is 0. The van der Waals surface area contributed by atoms with Gasteiger partial charge in [0.2, 0.25) is 0 Å². The zero-order valence-corrected chi connectivity index (χ0v) is 17.4. The Morgan fingerprint density at radius 2 is 1.14 bits per heavy atom. The van der Waals surface area contributed by atoms with Gasteiger partial charge in [-0.05, 0) is 0 Å². The number of pyridine rings is 2. The average Bonchev–Trinajstić information content (AvgIpc) is 3.54. The fraction of sp³-hybridized carbons (Fsp3) is 0.0833. The first-order chi connectivity index (χ1) is 14.4. The van der Waals surface area contributed by atoms with Crippen molar-refractivity contribution >= 4 is 14.5 Å². The van der Waals surface area contributed by atoms with Crippen LogP contribution < -0.4 is 0 Å². The van der Waals surface area contributed by atoms with Crippen LogP contribution in [0.5, 0.6) is 0 Å². The molecule has 0 aromatic carbocycles. The van der Waals surface area contributed by atoms with E-state index in [1.54, 1.807) is 0 Å². The minimum absolute atomic E-state index is 0.200. The van der Waals surface area contributed by atoms with Gasteiger partial charge in [-0.1, -0.05) is 0 Å². The molecule has 0 amide bonds. The summed E-state index contributed by atoms with van der Waals surface area (Å²) in [4.78, 5) is 15.6. The average molecular weight is 443 g/mol. The van der Waals surface area contributed by atoms with E-state index in [4.69, 9.17) is 0 Å². The summed E-state index contributed by atoms with van der Waals surface area (Å²) < 4.78 is 2.87. The Kier molecular flexibility index (Phi) is 4.99. The Morgan fingerprint density at radius 3 is 1.52 bits per heavy atom. The molecule has 0 spiro atoms. The van der Waals surface area contributed by atoms with Crippen LogP contribution in [0.3, 0.4) is 0 Å². The molecule has 5 aromatic rings. The summed E-state index contributed by atoms with van der Waals surface area (Å²) in [5.74, 6) is 0.399. The molecule has 0 saturated heterocycles. The van der Waals surface area contributed by atoms with Crippen LogP contribution in [0, 0.1) is 0 Å². The van der Waals surface area contributed by atoms with Crippen LogP contribution in [0.4, 0.5) is 0 Å². The Morgan fingerprint density at radius 1 is 0.621 bits per heavy atom. The van der Waals surface area contributed by atoms with Crippen molar-refractivity contribution in [2.75, 3.05) is 0 Å². The van der Waals surface area contributed by atoms with E-state index in [2.05, 4.69) is 68.5 Å². The van der Waals surface area contributed by atoms with Gasteiger partial charge in [0.1, 0.15) is 0 Å². The van der Waals surface area contributed by atoms with Crippen LogP contribution in [0.2, 0.25) is 0 Å². The fourth-order valence-corrected chi connectivity index (χ4v) is 6.55. The molecule has 4 nitrogen and oxygen atoms in total. The first kappa shape index (κ1) is 17.9. The fourth-order valence-electron chi connectivity index (χ4n) is 3.81. The molecule has 142 valence electrons. The molecule has 0 fully saturated rings. The summed E-state index contributed by atoms with van der Waals surface area (Å²) in [6.45, 7) is 0. The number of rotatable bonds is 6. The van der Waals surface area contributed by atoms with Crippen molar-refractivity contribution in [3.05, 3.63) is 129 Å². The second kappa shape index (κ2) is 8.08. The van der Waals surface area contributed by atoms with Gasteiger partial charge in [0.25, 0.3) is 0 Å². The molecular formula is C24H20N4Se. The van der Waals surface area contributed by atoms with Crippen LogP contribution in [0.15, 0.2) is 97.8 Å². The number of hydrogen-bond donors (Lipinski definition) is 2. The van der Waals surface area contributed by atoms with Crippen LogP contribution in [-0.2, 0) is 0 Å². The molecule has 0 saturated carbocycles. The summed E-state index contributed by atoms with van der Waals surface area (Å²) in [7, 11) is 0. The van der Waals surface area contributed by atoms with Gasteiger partial charge in [0.05, 0.1) is 0 Å². The maximum absolute atomic E-state index is 4.36. The molecule has 5 rings (SSSR count). The van der Waals surface area contributed by atoms with E-state index in [1.807, 2.05) is 49.3 Å². The number of aromatic amines is 2. The number of nitrogens with zero attached hydrogens (tertiary/aromatic N) is 2. The third-order valence-corrected chi connectivity index (χ3v) is 7.67. The standard InChI is InChI=1S/C24H20N4Se/c1-5-17(15-25-11-1)23(19-7-3-13-27-19)21-9-10-22(29-21)24(20-8-4-14-28-20)18-6-2-12-26-16-18/h1-16,23-24,27-28H. The van der Waals surface area contributed by atoms with Gasteiger partial charge in [-0.25, -0.2) is 0 Å². The van der Waals surface area contributed by atoms with Crippen molar-refractivity contribution in [1.29, 1.82) is 0 Å². The van der Waals surface area contributed by atoms with Gasteiger partial charge in [-0.3, -0.25) is 0 Å². The number of nitrogens with one attached hydrogen (secondary N) is 2. The van der Waals surface area contributed by atoms with Gasteiger partial charge in [0.15, 0.2) is 0 Å². The van der Waals surface area contributed by atoms with E-state index >= 15 is 0 Å². The third kappa shape index (κ3) is 3.63. The van der Waals surface area contributed by atoms with E-state index in [1.165, 1.54) is 31.4 Å². The SMILES string of the molecule is c1cncc(C(c2ccc[nH]2)c2ccc(C(c3cccnc3)c3ccc[nH]3)[se]2)c1. The van der Waals surface area contributed by atoms with Crippen LogP contribution >= 0.6 is 0 Å². The summed E-state index contributed by atoms with van der Waals surface area (Å²) in [6, 6.07) is 21.4. The van der Waals surface area contributed by atoms with E-state index in [-0.39, 0.29) is 26.3 Å². The van der Waals surface area contributed by atoms with E-state index in [0.717, 1.165) is 0 Å². The number of aromatic nitrogens is 4. The summed E-state index contributed by atoms with van der Waals surface area (Å²) in [6.07, 6.45) is 11.6. The third-order valence-electron chi connectivity index (χ3n) is 5.12. The molecule has 0 radical (unpaired) electrons. The Hall–Kier alpha value is -3.14. The number of H-pyrrole nitrogens is 2. The second-order valence-corrected chi connectivity index (χ2v) is 9.34. The van der Waals surface area contributed by atoms with Crippen molar-refractivity contribution in [2.45, 2.75) is 11.8 Å².